The molecule has 1 heterocycles. The molecule has 2 unspecified atom stereocenters. The Labute approximate surface area is 139 Å². The first-order valence-corrected chi connectivity index (χ1v) is 7.71. The van der Waals surface area contributed by atoms with Gasteiger partial charge >= 0.3 is 0 Å². The number of epoxide rings is 1. The number of carbonyl (C=O) groups is 1. The number of nitro benzene ring substituents is 1. The van der Waals surface area contributed by atoms with E-state index in [0.29, 0.717) is 12.3 Å². The molecule has 0 bridgehead atoms. The molecule has 6 nitrogen and oxygen atoms in total. The van der Waals surface area contributed by atoms with Crippen molar-refractivity contribution in [3.63, 3.8) is 0 Å². The first-order valence-electron chi connectivity index (χ1n) is 7.71. The molecule has 1 fully saturated rings. The van der Waals surface area contributed by atoms with Crippen molar-refractivity contribution in [2.45, 2.75) is 25.0 Å². The van der Waals surface area contributed by atoms with E-state index in [-0.39, 0.29) is 23.9 Å². The van der Waals surface area contributed by atoms with Gasteiger partial charge in [-0.1, -0.05) is 36.4 Å². The zero-order valence-corrected chi connectivity index (χ0v) is 13.3. The Hall–Kier alpha value is -2.73. The lowest BCUT2D eigenvalue weighted by Crippen LogP contribution is -2.25. The molecule has 0 aromatic heterocycles. The predicted molar refractivity (Wildman–Crippen MR) is 89.9 cm³/mol. The number of carbonyl (C=O) groups excluding carboxylic acids is 1. The van der Waals surface area contributed by atoms with Gasteiger partial charge in [0, 0.05) is 24.2 Å². The van der Waals surface area contributed by atoms with Crippen molar-refractivity contribution in [2.75, 3.05) is 11.9 Å². The van der Waals surface area contributed by atoms with Gasteiger partial charge < -0.3 is 10.1 Å². The topological polar surface area (TPSA) is 84.8 Å². The molecule has 1 aliphatic rings. The molecule has 2 atom stereocenters. The Morgan fingerprint density at radius 1 is 1.29 bits per heavy atom. The second-order valence-electron chi connectivity index (χ2n) is 6.06. The van der Waals surface area contributed by atoms with Gasteiger partial charge in [-0.2, -0.15) is 0 Å². The smallest absolute Gasteiger partial charge is 0.271 e. The molecule has 1 aliphatic heterocycles. The molecule has 24 heavy (non-hydrogen) atoms. The Balaban J connectivity index is 1.83. The molecule has 2 aromatic rings. The van der Waals surface area contributed by atoms with Crippen molar-refractivity contribution in [3.8, 4) is 0 Å². The maximum absolute atomic E-state index is 12.4. The van der Waals surface area contributed by atoms with Crippen molar-refractivity contribution in [1.29, 1.82) is 0 Å². The lowest BCUT2D eigenvalue weighted by atomic mass is 9.95. The van der Waals surface area contributed by atoms with E-state index in [9.17, 15) is 14.9 Å². The van der Waals surface area contributed by atoms with Gasteiger partial charge in [0.1, 0.15) is 5.60 Å². The van der Waals surface area contributed by atoms with Crippen molar-refractivity contribution < 1.29 is 14.5 Å². The van der Waals surface area contributed by atoms with Crippen LogP contribution in [0.3, 0.4) is 0 Å². The molecule has 0 aliphatic carbocycles. The average molecular weight is 326 g/mol. The minimum Gasteiger partial charge on any atom is -0.378 e. The lowest BCUT2D eigenvalue weighted by Gasteiger charge is -2.20. The number of ether oxygens (including phenoxy) is 1. The summed E-state index contributed by atoms with van der Waals surface area (Å²) in [4.78, 5) is 22.9. The molecular weight excluding hydrogens is 308 g/mol. The van der Waals surface area contributed by atoms with Crippen LogP contribution in [0.1, 0.15) is 24.9 Å². The minimum atomic E-state index is -0.683. The summed E-state index contributed by atoms with van der Waals surface area (Å²) in [5.41, 5.74) is 0.877. The first kappa shape index (κ1) is 16.1. The minimum absolute atomic E-state index is 0.00984. The van der Waals surface area contributed by atoms with E-state index in [1.54, 1.807) is 19.1 Å². The number of hydrogen-bond acceptors (Lipinski definition) is 5. The average Bonchev–Trinajstić information content (AvgIpc) is 3.34. The van der Waals surface area contributed by atoms with E-state index in [4.69, 9.17) is 4.74 Å². The fraction of sp³-hybridized carbons (Fsp3) is 0.278. The predicted octanol–water partition coefficient (Wildman–Crippen LogP) is 3.50. The van der Waals surface area contributed by atoms with Crippen LogP contribution in [-0.2, 0) is 9.53 Å². The summed E-state index contributed by atoms with van der Waals surface area (Å²) >= 11 is 0. The fourth-order valence-corrected chi connectivity index (χ4v) is 2.52. The van der Waals surface area contributed by atoms with Gasteiger partial charge in [-0.25, -0.2) is 0 Å². The zero-order valence-electron chi connectivity index (χ0n) is 13.3. The number of hydrogen-bond donors (Lipinski definition) is 1. The third kappa shape index (κ3) is 3.60. The normalized spacial score (nSPS) is 20.2. The molecule has 6 heteroatoms. The van der Waals surface area contributed by atoms with Crippen LogP contribution >= 0.6 is 0 Å². The molecule has 1 N–H and O–H groups in total. The van der Waals surface area contributed by atoms with E-state index in [1.165, 1.54) is 12.1 Å². The number of nitro groups is 1. The molecular formula is C18H18N2O4. The Morgan fingerprint density at radius 2 is 2.00 bits per heavy atom. The summed E-state index contributed by atoms with van der Waals surface area (Å²) in [7, 11) is 0. The van der Waals surface area contributed by atoms with Crippen molar-refractivity contribution in [1.82, 2.24) is 0 Å². The van der Waals surface area contributed by atoms with Gasteiger partial charge in [-0.3, -0.25) is 14.9 Å². The van der Waals surface area contributed by atoms with Gasteiger partial charge in [0.2, 0.25) is 0 Å². The maximum atomic E-state index is 12.4. The molecule has 3 rings (SSSR count). The number of nitrogens with zero attached hydrogens (tertiary/aromatic N) is 1. The van der Waals surface area contributed by atoms with Crippen molar-refractivity contribution in [3.05, 3.63) is 70.3 Å². The fourth-order valence-electron chi connectivity index (χ4n) is 2.52. The van der Waals surface area contributed by atoms with E-state index in [2.05, 4.69) is 5.32 Å². The van der Waals surface area contributed by atoms with Gasteiger partial charge in [0.05, 0.1) is 17.6 Å². The summed E-state index contributed by atoms with van der Waals surface area (Å²) in [6.07, 6.45) is 0.253. The first-order chi connectivity index (χ1) is 11.5. The highest BCUT2D eigenvalue weighted by molar-refractivity contribution is 5.90. The van der Waals surface area contributed by atoms with Crippen LogP contribution in [-0.4, -0.2) is 22.9 Å². The molecule has 0 radical (unpaired) electrons. The molecule has 0 spiro atoms. The van der Waals surface area contributed by atoms with Crippen LogP contribution in [0.4, 0.5) is 11.4 Å². The van der Waals surface area contributed by atoms with E-state index >= 15 is 0 Å². The van der Waals surface area contributed by atoms with Crippen LogP contribution in [0.2, 0.25) is 0 Å². The second kappa shape index (κ2) is 6.41. The summed E-state index contributed by atoms with van der Waals surface area (Å²) in [5.74, 6) is 0.0225. The third-order valence-corrected chi connectivity index (χ3v) is 4.16. The number of anilines is 1. The number of rotatable bonds is 7. The van der Waals surface area contributed by atoms with Gasteiger partial charge in [0.25, 0.3) is 5.69 Å². The molecule has 2 aromatic carbocycles. The van der Waals surface area contributed by atoms with E-state index in [0.717, 1.165) is 5.56 Å². The van der Waals surface area contributed by atoms with E-state index < -0.39 is 10.5 Å². The van der Waals surface area contributed by atoms with Crippen LogP contribution < -0.4 is 5.32 Å². The van der Waals surface area contributed by atoms with Crippen LogP contribution in [0.25, 0.3) is 0 Å². The number of nitrogens with one attached hydrogen (secondary N) is 1. The third-order valence-electron chi connectivity index (χ3n) is 4.16. The lowest BCUT2D eigenvalue weighted by molar-refractivity contribution is -0.384. The van der Waals surface area contributed by atoms with Crippen molar-refractivity contribution >= 4 is 17.2 Å². The Kier molecular flexibility index (Phi) is 4.31. The highest BCUT2D eigenvalue weighted by Gasteiger charge is 2.47. The Morgan fingerprint density at radius 3 is 2.62 bits per heavy atom. The maximum Gasteiger partial charge on any atom is 0.271 e. The van der Waals surface area contributed by atoms with E-state index in [1.807, 2.05) is 30.3 Å². The summed E-state index contributed by atoms with van der Waals surface area (Å²) in [5, 5.41) is 14.2. The zero-order chi connectivity index (χ0) is 17.2. The highest BCUT2D eigenvalue weighted by atomic mass is 16.6. The number of benzene rings is 2. The van der Waals surface area contributed by atoms with Gasteiger partial charge in [0.15, 0.2) is 5.78 Å². The molecule has 0 saturated carbocycles. The standard InChI is InChI=1S/C18H18N2O4/c1-18(12-24-18)17(21)11-16(13-6-3-2-4-7-13)19-14-8-5-9-15(10-14)20(22)23/h2-10,16,19H,11-12H2,1H3. The van der Waals surface area contributed by atoms with Crippen LogP contribution in [0.15, 0.2) is 54.6 Å². The summed E-state index contributed by atoms with van der Waals surface area (Å²) in [6.45, 7) is 2.23. The van der Waals surface area contributed by atoms with Gasteiger partial charge in [-0.15, -0.1) is 0 Å². The van der Waals surface area contributed by atoms with Crippen LogP contribution in [0.5, 0.6) is 0 Å². The Bertz CT molecular complexity index is 757. The molecule has 1 saturated heterocycles. The number of non-ortho nitro benzene ring substituents is 1. The van der Waals surface area contributed by atoms with Crippen molar-refractivity contribution in [2.24, 2.45) is 0 Å². The largest absolute Gasteiger partial charge is 0.378 e. The summed E-state index contributed by atoms with van der Waals surface area (Å²) in [6, 6.07) is 15.6. The van der Waals surface area contributed by atoms with Gasteiger partial charge in [-0.05, 0) is 18.6 Å². The quantitative estimate of drug-likeness (QED) is 0.478. The summed E-state index contributed by atoms with van der Waals surface area (Å²) < 4.78 is 5.23. The highest BCUT2D eigenvalue weighted by Crippen LogP contribution is 2.33. The molecule has 124 valence electrons. The second-order valence-corrected chi connectivity index (χ2v) is 6.06. The SMILES string of the molecule is CC1(C(=O)CC(Nc2cccc([N+](=O)[O-])c2)c2ccccc2)CO1. The molecule has 0 amide bonds. The van der Waals surface area contributed by atoms with Crippen LogP contribution in [0, 0.1) is 10.1 Å². The monoisotopic (exact) mass is 326 g/mol. The number of Topliss-reactive ketones (excluding diaryl/α,β-unsaturated/α-hetero) is 1. The number of ketones is 1.